The number of anilines is 1. The van der Waals surface area contributed by atoms with E-state index in [1.165, 1.54) is 17.2 Å². The number of piperazine rings is 1. The lowest BCUT2D eigenvalue weighted by atomic mass is 10.2. The summed E-state index contributed by atoms with van der Waals surface area (Å²) in [5.41, 5.74) is 1.18. The van der Waals surface area contributed by atoms with Crippen LogP contribution in [0.3, 0.4) is 0 Å². The Hall–Kier alpha value is -0.650. The second-order valence-corrected chi connectivity index (χ2v) is 6.68. The highest BCUT2D eigenvalue weighted by Gasteiger charge is 2.21. The van der Waals surface area contributed by atoms with Crippen molar-refractivity contribution in [1.29, 1.82) is 0 Å². The standard InChI is InChI=1S/C15H28N4S/c1-5-6-16-13(4)14-11-20-15(17-14)19-9-7-18(8-10-19)12(2)3/h11-13,16H,5-10H2,1-4H3. The molecule has 1 saturated heterocycles. The van der Waals surface area contributed by atoms with E-state index in [0.717, 1.165) is 32.7 Å². The normalized spacial score (nSPS) is 18.8. The molecule has 20 heavy (non-hydrogen) atoms. The molecule has 4 nitrogen and oxygen atoms in total. The first-order chi connectivity index (χ1) is 9.61. The summed E-state index contributed by atoms with van der Waals surface area (Å²) in [5.74, 6) is 0. The van der Waals surface area contributed by atoms with Crippen LogP contribution in [-0.2, 0) is 0 Å². The van der Waals surface area contributed by atoms with Gasteiger partial charge >= 0.3 is 0 Å². The molecule has 1 aliphatic rings. The number of thiazole rings is 1. The van der Waals surface area contributed by atoms with Gasteiger partial charge in [-0.2, -0.15) is 0 Å². The van der Waals surface area contributed by atoms with Crippen LogP contribution < -0.4 is 10.2 Å². The molecule has 0 bridgehead atoms. The highest BCUT2D eigenvalue weighted by atomic mass is 32.1. The molecule has 0 aliphatic carbocycles. The summed E-state index contributed by atoms with van der Waals surface area (Å²) in [6.45, 7) is 14.5. The maximum absolute atomic E-state index is 4.82. The molecule has 1 N–H and O–H groups in total. The lowest BCUT2D eigenvalue weighted by Gasteiger charge is -2.36. The van der Waals surface area contributed by atoms with Gasteiger partial charge in [0.1, 0.15) is 0 Å². The zero-order valence-electron chi connectivity index (χ0n) is 13.2. The van der Waals surface area contributed by atoms with Crippen molar-refractivity contribution in [3.8, 4) is 0 Å². The third-order valence-electron chi connectivity index (χ3n) is 3.97. The van der Waals surface area contributed by atoms with Crippen LogP contribution in [0.5, 0.6) is 0 Å². The first kappa shape index (κ1) is 15.7. The van der Waals surface area contributed by atoms with Gasteiger partial charge in [-0.05, 0) is 33.7 Å². The van der Waals surface area contributed by atoms with Crippen molar-refractivity contribution in [1.82, 2.24) is 15.2 Å². The minimum Gasteiger partial charge on any atom is -0.346 e. The second kappa shape index (κ2) is 7.38. The molecule has 1 atom stereocenters. The smallest absolute Gasteiger partial charge is 0.185 e. The van der Waals surface area contributed by atoms with Gasteiger partial charge in [-0.15, -0.1) is 11.3 Å². The summed E-state index contributed by atoms with van der Waals surface area (Å²) >= 11 is 1.78. The Kier molecular flexibility index (Phi) is 5.81. The van der Waals surface area contributed by atoms with Crippen molar-refractivity contribution in [2.45, 2.75) is 46.2 Å². The van der Waals surface area contributed by atoms with Crippen LogP contribution in [0.1, 0.15) is 45.9 Å². The molecule has 2 rings (SSSR count). The molecule has 1 aromatic rings. The molecule has 1 aromatic heterocycles. The fourth-order valence-corrected chi connectivity index (χ4v) is 3.49. The van der Waals surface area contributed by atoms with Crippen molar-refractivity contribution < 1.29 is 0 Å². The lowest BCUT2D eigenvalue weighted by Crippen LogP contribution is -2.48. The molecule has 0 radical (unpaired) electrons. The molecule has 0 aromatic carbocycles. The van der Waals surface area contributed by atoms with Crippen molar-refractivity contribution in [3.63, 3.8) is 0 Å². The minimum atomic E-state index is 0.358. The molecule has 1 fully saturated rings. The molecule has 1 unspecified atom stereocenters. The SMILES string of the molecule is CCCNC(C)c1csc(N2CCN(C(C)C)CC2)n1. The molecular weight excluding hydrogens is 268 g/mol. The molecule has 0 amide bonds. The molecule has 5 heteroatoms. The number of aromatic nitrogens is 1. The van der Waals surface area contributed by atoms with E-state index in [0.29, 0.717) is 12.1 Å². The fraction of sp³-hybridized carbons (Fsp3) is 0.800. The minimum absolute atomic E-state index is 0.358. The Labute approximate surface area is 127 Å². The van der Waals surface area contributed by atoms with Gasteiger partial charge in [-0.3, -0.25) is 4.90 Å². The Morgan fingerprint density at radius 2 is 1.95 bits per heavy atom. The number of hydrogen-bond acceptors (Lipinski definition) is 5. The molecule has 2 heterocycles. The summed E-state index contributed by atoms with van der Waals surface area (Å²) < 4.78 is 0. The molecular formula is C15H28N4S. The van der Waals surface area contributed by atoms with Gasteiger partial charge in [0.05, 0.1) is 5.69 Å². The van der Waals surface area contributed by atoms with Gasteiger partial charge in [0, 0.05) is 43.6 Å². The van der Waals surface area contributed by atoms with E-state index in [2.05, 4.69) is 48.2 Å². The van der Waals surface area contributed by atoms with Gasteiger partial charge in [0.15, 0.2) is 5.13 Å². The molecule has 1 aliphatic heterocycles. The van der Waals surface area contributed by atoms with Gasteiger partial charge in [-0.1, -0.05) is 6.92 Å². The monoisotopic (exact) mass is 296 g/mol. The van der Waals surface area contributed by atoms with E-state index in [-0.39, 0.29) is 0 Å². The highest BCUT2D eigenvalue weighted by molar-refractivity contribution is 7.13. The van der Waals surface area contributed by atoms with Crippen molar-refractivity contribution >= 4 is 16.5 Å². The topological polar surface area (TPSA) is 31.4 Å². The molecule has 0 saturated carbocycles. The van der Waals surface area contributed by atoms with Crippen LogP contribution in [0, 0.1) is 0 Å². The number of nitrogens with zero attached hydrogens (tertiary/aromatic N) is 3. The summed E-state index contributed by atoms with van der Waals surface area (Å²) in [6.07, 6.45) is 1.17. The Morgan fingerprint density at radius 3 is 2.55 bits per heavy atom. The third-order valence-corrected chi connectivity index (χ3v) is 4.89. The average molecular weight is 296 g/mol. The Bertz CT molecular complexity index is 396. The van der Waals surface area contributed by atoms with E-state index >= 15 is 0 Å². The van der Waals surface area contributed by atoms with E-state index < -0.39 is 0 Å². The van der Waals surface area contributed by atoms with Crippen molar-refractivity contribution in [3.05, 3.63) is 11.1 Å². The van der Waals surface area contributed by atoms with Gasteiger partial charge in [-0.25, -0.2) is 4.98 Å². The Morgan fingerprint density at radius 1 is 1.25 bits per heavy atom. The quantitative estimate of drug-likeness (QED) is 0.874. The second-order valence-electron chi connectivity index (χ2n) is 5.85. The van der Waals surface area contributed by atoms with Crippen LogP contribution in [0.15, 0.2) is 5.38 Å². The zero-order valence-corrected chi connectivity index (χ0v) is 14.0. The number of rotatable bonds is 6. The third kappa shape index (κ3) is 3.93. The van der Waals surface area contributed by atoms with E-state index in [1.54, 1.807) is 11.3 Å². The molecule has 114 valence electrons. The first-order valence-corrected chi connectivity index (χ1v) is 8.67. The summed E-state index contributed by atoms with van der Waals surface area (Å²) in [4.78, 5) is 9.79. The molecule has 0 spiro atoms. The summed E-state index contributed by atoms with van der Waals surface area (Å²) in [7, 11) is 0. The highest BCUT2D eigenvalue weighted by Crippen LogP contribution is 2.25. The van der Waals surface area contributed by atoms with Gasteiger partial charge < -0.3 is 10.2 Å². The number of nitrogens with one attached hydrogen (secondary N) is 1. The van der Waals surface area contributed by atoms with Crippen LogP contribution >= 0.6 is 11.3 Å². The van der Waals surface area contributed by atoms with E-state index in [4.69, 9.17) is 4.98 Å². The first-order valence-electron chi connectivity index (χ1n) is 7.79. The fourth-order valence-electron chi connectivity index (χ4n) is 2.52. The summed E-state index contributed by atoms with van der Waals surface area (Å²) in [6, 6.07) is 1.01. The van der Waals surface area contributed by atoms with Crippen LogP contribution in [-0.4, -0.2) is 48.6 Å². The zero-order chi connectivity index (χ0) is 14.5. The maximum Gasteiger partial charge on any atom is 0.185 e. The predicted molar refractivity (Wildman–Crippen MR) is 87.7 cm³/mol. The van der Waals surface area contributed by atoms with Crippen LogP contribution in [0.4, 0.5) is 5.13 Å². The van der Waals surface area contributed by atoms with Crippen molar-refractivity contribution in [2.24, 2.45) is 0 Å². The predicted octanol–water partition coefficient (Wildman–Crippen LogP) is 2.73. The average Bonchev–Trinajstić information content (AvgIpc) is 2.94. The van der Waals surface area contributed by atoms with Crippen LogP contribution in [0.25, 0.3) is 0 Å². The van der Waals surface area contributed by atoms with Gasteiger partial charge in [0.25, 0.3) is 0 Å². The largest absolute Gasteiger partial charge is 0.346 e. The Balaban J connectivity index is 1.89. The van der Waals surface area contributed by atoms with E-state index in [1.807, 2.05) is 0 Å². The number of hydrogen-bond donors (Lipinski definition) is 1. The lowest BCUT2D eigenvalue weighted by molar-refractivity contribution is 0.209. The maximum atomic E-state index is 4.82. The van der Waals surface area contributed by atoms with E-state index in [9.17, 15) is 0 Å². The van der Waals surface area contributed by atoms with Gasteiger partial charge in [0.2, 0.25) is 0 Å². The van der Waals surface area contributed by atoms with Crippen molar-refractivity contribution in [2.75, 3.05) is 37.6 Å². The van der Waals surface area contributed by atoms with Crippen LogP contribution in [0.2, 0.25) is 0 Å². The summed E-state index contributed by atoms with van der Waals surface area (Å²) in [5, 5.41) is 6.90.